The minimum absolute atomic E-state index is 0.214. The van der Waals surface area contributed by atoms with Gasteiger partial charge in [0.15, 0.2) is 5.13 Å². The molecule has 0 saturated carbocycles. The first-order chi connectivity index (χ1) is 18.2. The van der Waals surface area contributed by atoms with Crippen molar-refractivity contribution in [3.05, 3.63) is 86.5 Å². The molecule has 1 aromatic heterocycles. The summed E-state index contributed by atoms with van der Waals surface area (Å²) in [6.07, 6.45) is 0. The van der Waals surface area contributed by atoms with E-state index in [4.69, 9.17) is 26.1 Å². The van der Waals surface area contributed by atoms with Gasteiger partial charge in [0, 0.05) is 32.5 Å². The number of anilines is 2. The molecule has 9 heteroatoms. The Balaban J connectivity index is 1.80. The number of aryl methyl sites for hydroxylation is 1. The first-order valence-corrected chi connectivity index (χ1v) is 13.6. The smallest absolute Gasteiger partial charge is 0.336 e. The molecule has 2 N–H and O–H groups in total. The Labute approximate surface area is 231 Å². The lowest BCUT2D eigenvalue weighted by Crippen LogP contribution is -2.32. The Morgan fingerprint density at radius 1 is 0.947 bits per heavy atom. The van der Waals surface area contributed by atoms with Crippen LogP contribution in [0.5, 0.6) is 0 Å². The van der Waals surface area contributed by atoms with Gasteiger partial charge in [-0.3, -0.25) is 0 Å². The van der Waals surface area contributed by atoms with Gasteiger partial charge in [0.05, 0.1) is 36.0 Å². The van der Waals surface area contributed by atoms with Crippen LogP contribution in [0.3, 0.4) is 0 Å². The lowest BCUT2D eigenvalue weighted by Gasteiger charge is -2.31. The molecule has 0 aliphatic carbocycles. The van der Waals surface area contributed by atoms with Crippen LogP contribution in [0.2, 0.25) is 5.02 Å². The number of dihydropyridines is 1. The monoisotopic (exact) mass is 551 g/mol. The summed E-state index contributed by atoms with van der Waals surface area (Å²) in [5.41, 5.74) is 5.28. The maximum absolute atomic E-state index is 13.2. The molecule has 38 heavy (non-hydrogen) atoms. The molecule has 198 valence electrons. The summed E-state index contributed by atoms with van der Waals surface area (Å²) in [6, 6.07) is 15.1. The summed E-state index contributed by atoms with van der Waals surface area (Å²) in [5, 5.41) is 7.96. The zero-order valence-electron chi connectivity index (χ0n) is 22.0. The molecule has 0 fully saturated rings. The van der Waals surface area contributed by atoms with Crippen LogP contribution in [-0.4, -0.2) is 30.1 Å². The van der Waals surface area contributed by atoms with Crippen LogP contribution >= 0.6 is 22.9 Å². The van der Waals surface area contributed by atoms with Crippen molar-refractivity contribution in [3.8, 4) is 11.3 Å². The number of thiazole rings is 1. The molecular weight excluding hydrogens is 522 g/mol. The maximum Gasteiger partial charge on any atom is 0.336 e. The Kier molecular flexibility index (Phi) is 8.54. The van der Waals surface area contributed by atoms with E-state index < -0.39 is 17.9 Å². The highest BCUT2D eigenvalue weighted by Gasteiger charge is 2.39. The second-order valence-electron chi connectivity index (χ2n) is 8.72. The fourth-order valence-corrected chi connectivity index (χ4v) is 5.54. The average Bonchev–Trinajstić information content (AvgIpc) is 3.24. The number of para-hydroxylation sites is 1. The highest BCUT2D eigenvalue weighted by atomic mass is 35.5. The molecule has 2 aromatic carbocycles. The van der Waals surface area contributed by atoms with Crippen LogP contribution in [0.1, 0.15) is 44.1 Å². The number of rotatable bonds is 8. The molecule has 3 aromatic rings. The van der Waals surface area contributed by atoms with Crippen molar-refractivity contribution in [3.63, 3.8) is 0 Å². The van der Waals surface area contributed by atoms with Gasteiger partial charge in [-0.25, -0.2) is 14.6 Å². The van der Waals surface area contributed by atoms with Gasteiger partial charge in [-0.05, 0) is 58.4 Å². The molecule has 0 atom stereocenters. The van der Waals surface area contributed by atoms with Gasteiger partial charge in [-0.1, -0.05) is 41.9 Å². The number of nitrogens with one attached hydrogen (secondary N) is 2. The Morgan fingerprint density at radius 2 is 1.53 bits per heavy atom. The number of esters is 2. The highest BCUT2D eigenvalue weighted by Crippen LogP contribution is 2.43. The number of nitrogens with zero attached hydrogens (tertiary/aromatic N) is 1. The minimum Gasteiger partial charge on any atom is -0.463 e. The lowest BCUT2D eigenvalue weighted by atomic mass is 9.79. The first-order valence-electron chi connectivity index (χ1n) is 12.4. The molecule has 0 bridgehead atoms. The maximum atomic E-state index is 13.2. The van der Waals surface area contributed by atoms with Gasteiger partial charge in [0.25, 0.3) is 0 Å². The van der Waals surface area contributed by atoms with Crippen molar-refractivity contribution in [1.29, 1.82) is 0 Å². The predicted octanol–water partition coefficient (Wildman–Crippen LogP) is 6.88. The number of carbonyl (C=O) groups is 2. The lowest BCUT2D eigenvalue weighted by molar-refractivity contribution is -0.139. The normalized spacial score (nSPS) is 13.8. The van der Waals surface area contributed by atoms with Crippen LogP contribution in [0.4, 0.5) is 10.8 Å². The molecule has 2 heterocycles. The summed E-state index contributed by atoms with van der Waals surface area (Å²) in [6.45, 7) is 9.57. The van der Waals surface area contributed by atoms with E-state index in [0.717, 1.165) is 27.4 Å². The van der Waals surface area contributed by atoms with Crippen LogP contribution in [0.25, 0.3) is 11.3 Å². The standard InChI is InChI=1S/C29H30ClN3O4S/c1-6-36-27(34)23-16(3)31-17(4)24(28(35)37-7-2)25(23)21-10-8-9-11-22(21)32-29-33-26(18(5)38-29)19-12-14-20(30)15-13-19/h8-15,25,31H,6-7H2,1-5H3,(H,32,33). The number of carbonyl (C=O) groups excluding carboxylic acids is 2. The number of ether oxygens (including phenoxy) is 2. The van der Waals surface area contributed by atoms with E-state index in [-0.39, 0.29) is 13.2 Å². The number of hydrogen-bond acceptors (Lipinski definition) is 8. The van der Waals surface area contributed by atoms with Gasteiger partial charge >= 0.3 is 11.9 Å². The van der Waals surface area contributed by atoms with Gasteiger partial charge in [-0.2, -0.15) is 0 Å². The summed E-state index contributed by atoms with van der Waals surface area (Å²) >= 11 is 7.58. The summed E-state index contributed by atoms with van der Waals surface area (Å²) in [4.78, 5) is 32.3. The second-order valence-corrected chi connectivity index (χ2v) is 10.4. The van der Waals surface area contributed by atoms with Crippen molar-refractivity contribution in [2.45, 2.75) is 40.5 Å². The number of allylic oxidation sites excluding steroid dienone is 2. The van der Waals surface area contributed by atoms with Crippen LogP contribution < -0.4 is 10.6 Å². The van der Waals surface area contributed by atoms with Gasteiger partial charge < -0.3 is 20.1 Å². The zero-order chi connectivity index (χ0) is 27.4. The number of hydrogen-bond donors (Lipinski definition) is 2. The highest BCUT2D eigenvalue weighted by molar-refractivity contribution is 7.16. The van der Waals surface area contributed by atoms with E-state index in [1.54, 1.807) is 13.8 Å². The van der Waals surface area contributed by atoms with Crippen molar-refractivity contribution < 1.29 is 19.1 Å². The summed E-state index contributed by atoms with van der Waals surface area (Å²) < 4.78 is 10.8. The molecule has 0 radical (unpaired) electrons. The number of halogens is 1. The van der Waals surface area contributed by atoms with E-state index in [9.17, 15) is 9.59 Å². The van der Waals surface area contributed by atoms with Gasteiger partial charge in [0.2, 0.25) is 0 Å². The summed E-state index contributed by atoms with van der Waals surface area (Å²) in [7, 11) is 0. The molecule has 4 rings (SSSR count). The molecule has 0 spiro atoms. The fourth-order valence-electron chi connectivity index (χ4n) is 4.57. The molecule has 1 aliphatic heterocycles. The third-order valence-electron chi connectivity index (χ3n) is 6.18. The van der Waals surface area contributed by atoms with Crippen LogP contribution in [0, 0.1) is 6.92 Å². The molecule has 0 unspecified atom stereocenters. The molecule has 7 nitrogen and oxygen atoms in total. The minimum atomic E-state index is -0.699. The first kappa shape index (κ1) is 27.4. The van der Waals surface area contributed by atoms with Crippen molar-refractivity contribution in [2.24, 2.45) is 0 Å². The number of benzene rings is 2. The van der Waals surface area contributed by atoms with E-state index in [2.05, 4.69) is 10.6 Å². The Hall–Kier alpha value is -3.62. The zero-order valence-corrected chi connectivity index (χ0v) is 23.5. The Bertz CT molecular complexity index is 1390. The van der Waals surface area contributed by atoms with Gasteiger partial charge in [-0.15, -0.1) is 11.3 Å². The quantitative estimate of drug-likeness (QED) is 0.295. The topological polar surface area (TPSA) is 89.5 Å². The van der Waals surface area contributed by atoms with Crippen LogP contribution in [-0.2, 0) is 19.1 Å². The van der Waals surface area contributed by atoms with Crippen molar-refractivity contribution >= 4 is 45.7 Å². The third-order valence-corrected chi connectivity index (χ3v) is 7.32. The number of aromatic nitrogens is 1. The van der Waals surface area contributed by atoms with E-state index in [1.165, 1.54) is 11.3 Å². The van der Waals surface area contributed by atoms with Gasteiger partial charge in [0.1, 0.15) is 0 Å². The largest absolute Gasteiger partial charge is 0.463 e. The molecule has 1 aliphatic rings. The molecule has 0 amide bonds. The SMILES string of the molecule is CCOC(=O)C1=C(C)NC(C)=C(C(=O)OCC)C1c1ccccc1Nc1nc(-c2ccc(Cl)cc2)c(C)s1. The van der Waals surface area contributed by atoms with E-state index in [1.807, 2.05) is 69.3 Å². The molecule has 0 saturated heterocycles. The van der Waals surface area contributed by atoms with Crippen LogP contribution in [0.15, 0.2) is 71.1 Å². The van der Waals surface area contributed by atoms with Crippen molar-refractivity contribution in [2.75, 3.05) is 18.5 Å². The average molecular weight is 552 g/mol. The third kappa shape index (κ3) is 5.61. The predicted molar refractivity (Wildman–Crippen MR) is 152 cm³/mol. The molecular formula is C29H30ClN3O4S. The fraction of sp³-hybridized carbons (Fsp3) is 0.276. The van der Waals surface area contributed by atoms with E-state index in [0.29, 0.717) is 32.7 Å². The van der Waals surface area contributed by atoms with Crippen molar-refractivity contribution in [1.82, 2.24) is 10.3 Å². The van der Waals surface area contributed by atoms with E-state index >= 15 is 0 Å². The Morgan fingerprint density at radius 3 is 2.11 bits per heavy atom. The second kappa shape index (κ2) is 11.8. The summed E-state index contributed by atoms with van der Waals surface area (Å²) in [5.74, 6) is -1.67.